The maximum atomic E-state index is 12.0. The summed E-state index contributed by atoms with van der Waals surface area (Å²) in [5, 5.41) is 2.83. The van der Waals surface area contributed by atoms with E-state index in [9.17, 15) is 4.79 Å². The van der Waals surface area contributed by atoms with Gasteiger partial charge in [0.05, 0.1) is 17.5 Å². The molecule has 3 N–H and O–H groups in total. The summed E-state index contributed by atoms with van der Waals surface area (Å²) in [5.74, 6) is -0.136. The molecule has 1 aromatic rings. The molecule has 0 aromatic heterocycles. The van der Waals surface area contributed by atoms with Crippen molar-refractivity contribution >= 4 is 17.3 Å². The summed E-state index contributed by atoms with van der Waals surface area (Å²) >= 11 is 0. The van der Waals surface area contributed by atoms with E-state index in [0.717, 1.165) is 5.69 Å². The van der Waals surface area contributed by atoms with Crippen LogP contribution in [0.15, 0.2) is 18.2 Å². The van der Waals surface area contributed by atoms with E-state index in [2.05, 4.69) is 5.32 Å². The van der Waals surface area contributed by atoms with Crippen molar-refractivity contribution in [1.29, 1.82) is 0 Å². The van der Waals surface area contributed by atoms with E-state index < -0.39 is 0 Å². The second-order valence-electron chi connectivity index (χ2n) is 4.64. The summed E-state index contributed by atoms with van der Waals surface area (Å²) in [4.78, 5) is 13.9. The first-order chi connectivity index (χ1) is 8.95. The molecular formula is C14H23N3O2. The summed E-state index contributed by atoms with van der Waals surface area (Å²) in [7, 11) is 3.82. The number of hydrogen-bond acceptors (Lipinski definition) is 4. The predicted octanol–water partition coefficient (Wildman–Crippen LogP) is 1.49. The maximum absolute atomic E-state index is 12.0. The number of nitrogens with zero attached hydrogens (tertiary/aromatic N) is 1. The molecule has 0 aliphatic heterocycles. The Balaban J connectivity index is 2.65. The van der Waals surface area contributed by atoms with Gasteiger partial charge in [0.1, 0.15) is 0 Å². The van der Waals surface area contributed by atoms with Crippen LogP contribution < -0.4 is 16.0 Å². The first-order valence-corrected chi connectivity index (χ1v) is 6.42. The number of carbonyl (C=O) groups excluding carboxylic acids is 1. The van der Waals surface area contributed by atoms with E-state index in [1.807, 2.05) is 38.9 Å². The molecule has 1 aromatic carbocycles. The Kier molecular flexibility index (Phi) is 5.63. The average molecular weight is 265 g/mol. The van der Waals surface area contributed by atoms with Gasteiger partial charge in [0, 0.05) is 32.8 Å². The van der Waals surface area contributed by atoms with Crippen molar-refractivity contribution in [3.8, 4) is 0 Å². The Bertz CT molecular complexity index is 433. The number of rotatable bonds is 6. The first kappa shape index (κ1) is 15.3. The Morgan fingerprint density at radius 3 is 2.68 bits per heavy atom. The van der Waals surface area contributed by atoms with Gasteiger partial charge in [-0.25, -0.2) is 0 Å². The minimum atomic E-state index is -0.136. The van der Waals surface area contributed by atoms with Gasteiger partial charge >= 0.3 is 0 Å². The van der Waals surface area contributed by atoms with Gasteiger partial charge in [-0.05, 0) is 32.0 Å². The van der Waals surface area contributed by atoms with Gasteiger partial charge in [0.25, 0.3) is 5.91 Å². The fourth-order valence-corrected chi connectivity index (χ4v) is 1.78. The molecule has 106 valence electrons. The Morgan fingerprint density at radius 1 is 1.47 bits per heavy atom. The zero-order chi connectivity index (χ0) is 14.4. The van der Waals surface area contributed by atoms with E-state index in [0.29, 0.717) is 24.4 Å². The molecule has 0 saturated heterocycles. The van der Waals surface area contributed by atoms with Crippen molar-refractivity contribution in [3.63, 3.8) is 0 Å². The number of hydrogen-bond donors (Lipinski definition) is 2. The molecule has 0 spiro atoms. The summed E-state index contributed by atoms with van der Waals surface area (Å²) in [6, 6.07) is 5.30. The van der Waals surface area contributed by atoms with Crippen molar-refractivity contribution in [2.24, 2.45) is 0 Å². The van der Waals surface area contributed by atoms with Crippen LogP contribution >= 0.6 is 0 Å². The lowest BCUT2D eigenvalue weighted by atomic mass is 10.1. The van der Waals surface area contributed by atoms with Gasteiger partial charge in [0.2, 0.25) is 0 Å². The minimum absolute atomic E-state index is 0.00680. The molecule has 0 saturated carbocycles. The predicted molar refractivity (Wildman–Crippen MR) is 78.6 cm³/mol. The van der Waals surface area contributed by atoms with Crippen LogP contribution in [0.2, 0.25) is 0 Å². The summed E-state index contributed by atoms with van der Waals surface area (Å²) in [5.41, 5.74) is 7.97. The lowest BCUT2D eigenvalue weighted by Crippen LogP contribution is -2.32. The van der Waals surface area contributed by atoms with Crippen LogP contribution in [0.25, 0.3) is 0 Å². The maximum Gasteiger partial charge on any atom is 0.251 e. The molecule has 1 amide bonds. The highest BCUT2D eigenvalue weighted by Gasteiger charge is 2.10. The summed E-state index contributed by atoms with van der Waals surface area (Å²) in [6.07, 6.45) is 0.00680. The van der Waals surface area contributed by atoms with Crippen LogP contribution in [0.1, 0.15) is 24.2 Å². The minimum Gasteiger partial charge on any atom is -0.397 e. The Labute approximate surface area is 114 Å². The van der Waals surface area contributed by atoms with Gasteiger partial charge in [-0.2, -0.15) is 0 Å². The van der Waals surface area contributed by atoms with Gasteiger partial charge in [0.15, 0.2) is 0 Å². The smallest absolute Gasteiger partial charge is 0.251 e. The van der Waals surface area contributed by atoms with Crippen molar-refractivity contribution in [2.45, 2.75) is 20.0 Å². The zero-order valence-corrected chi connectivity index (χ0v) is 12.1. The number of carbonyl (C=O) groups is 1. The Morgan fingerprint density at radius 2 is 2.16 bits per heavy atom. The van der Waals surface area contributed by atoms with Crippen molar-refractivity contribution in [2.75, 3.05) is 37.9 Å². The molecule has 0 radical (unpaired) electrons. The third-order valence-corrected chi connectivity index (χ3v) is 2.77. The number of benzene rings is 1. The van der Waals surface area contributed by atoms with Gasteiger partial charge in [-0.15, -0.1) is 0 Å². The van der Waals surface area contributed by atoms with Gasteiger partial charge < -0.3 is 20.7 Å². The average Bonchev–Trinajstić information content (AvgIpc) is 2.35. The number of nitrogens with one attached hydrogen (secondary N) is 1. The molecule has 0 aliphatic rings. The van der Waals surface area contributed by atoms with E-state index in [1.54, 1.807) is 12.1 Å². The third-order valence-electron chi connectivity index (χ3n) is 2.77. The molecule has 1 unspecified atom stereocenters. The van der Waals surface area contributed by atoms with E-state index in [-0.39, 0.29) is 12.0 Å². The lowest BCUT2D eigenvalue weighted by Gasteiger charge is -2.16. The van der Waals surface area contributed by atoms with E-state index >= 15 is 0 Å². The topological polar surface area (TPSA) is 67.6 Å². The number of nitrogen functional groups attached to an aromatic ring is 1. The monoisotopic (exact) mass is 265 g/mol. The molecule has 5 nitrogen and oxygen atoms in total. The van der Waals surface area contributed by atoms with Gasteiger partial charge in [-0.3, -0.25) is 4.79 Å². The normalized spacial score (nSPS) is 12.0. The molecular weight excluding hydrogens is 242 g/mol. The molecule has 0 bridgehead atoms. The number of anilines is 2. The largest absolute Gasteiger partial charge is 0.397 e. The highest BCUT2D eigenvalue weighted by molar-refractivity contribution is 5.96. The van der Waals surface area contributed by atoms with E-state index in [4.69, 9.17) is 10.5 Å². The third kappa shape index (κ3) is 4.44. The fourth-order valence-electron chi connectivity index (χ4n) is 1.78. The highest BCUT2D eigenvalue weighted by atomic mass is 16.5. The number of ether oxygens (including phenoxy) is 1. The number of amides is 1. The summed E-state index contributed by atoms with van der Waals surface area (Å²) < 4.78 is 5.36. The van der Waals surface area contributed by atoms with Crippen LogP contribution in [-0.4, -0.2) is 39.3 Å². The van der Waals surface area contributed by atoms with Crippen LogP contribution in [0.5, 0.6) is 0 Å². The molecule has 0 aliphatic carbocycles. The molecule has 1 atom stereocenters. The first-order valence-electron chi connectivity index (χ1n) is 6.42. The lowest BCUT2D eigenvalue weighted by molar-refractivity contribution is 0.0695. The standard InChI is InChI=1S/C14H23N3O2/c1-5-19-10(2)9-16-14(18)11-6-7-13(17(3)4)12(15)8-11/h6-8,10H,5,9,15H2,1-4H3,(H,16,18). The molecule has 0 fully saturated rings. The molecule has 0 heterocycles. The van der Waals surface area contributed by atoms with Crippen LogP contribution in [0.4, 0.5) is 11.4 Å². The molecule has 5 heteroatoms. The van der Waals surface area contributed by atoms with Crippen molar-refractivity contribution in [3.05, 3.63) is 23.8 Å². The van der Waals surface area contributed by atoms with Gasteiger partial charge in [-0.1, -0.05) is 0 Å². The van der Waals surface area contributed by atoms with E-state index in [1.165, 1.54) is 0 Å². The van der Waals surface area contributed by atoms with Crippen LogP contribution in [0.3, 0.4) is 0 Å². The second kappa shape index (κ2) is 6.99. The molecule has 1 rings (SSSR count). The Hall–Kier alpha value is -1.75. The fraction of sp³-hybridized carbons (Fsp3) is 0.500. The van der Waals surface area contributed by atoms with Crippen LogP contribution in [0, 0.1) is 0 Å². The highest BCUT2D eigenvalue weighted by Crippen LogP contribution is 2.22. The van der Waals surface area contributed by atoms with Crippen molar-refractivity contribution < 1.29 is 9.53 Å². The summed E-state index contributed by atoms with van der Waals surface area (Å²) in [6.45, 7) is 4.98. The van der Waals surface area contributed by atoms with Crippen molar-refractivity contribution in [1.82, 2.24) is 5.32 Å². The second-order valence-corrected chi connectivity index (χ2v) is 4.64. The number of nitrogens with two attached hydrogens (primary N) is 1. The SMILES string of the molecule is CCOC(C)CNC(=O)c1ccc(N(C)C)c(N)c1. The quantitative estimate of drug-likeness (QED) is 0.765. The van der Waals surface area contributed by atoms with Crippen LogP contribution in [-0.2, 0) is 4.74 Å². The molecule has 19 heavy (non-hydrogen) atoms. The zero-order valence-electron chi connectivity index (χ0n) is 12.1.